The number of hydrogen-bond acceptors (Lipinski definition) is 4. The number of benzene rings is 2. The number of amides is 3. The molecular formula is C22H24N2O4. The lowest BCUT2D eigenvalue weighted by atomic mass is 10.0. The van der Waals surface area contributed by atoms with Crippen molar-refractivity contribution in [2.75, 3.05) is 13.2 Å². The Balaban J connectivity index is 1.66. The largest absolute Gasteiger partial charge is 0.492 e. The minimum Gasteiger partial charge on any atom is -0.492 e. The zero-order chi connectivity index (χ0) is 20.1. The average Bonchev–Trinajstić information content (AvgIpc) is 2.95. The zero-order valence-electron chi connectivity index (χ0n) is 16.1. The fourth-order valence-corrected chi connectivity index (χ4v) is 3.24. The zero-order valence-corrected chi connectivity index (χ0v) is 16.1. The number of nitrogens with zero attached hydrogens (tertiary/aromatic N) is 1. The van der Waals surface area contributed by atoms with E-state index < -0.39 is 17.9 Å². The van der Waals surface area contributed by atoms with Gasteiger partial charge in [-0.25, -0.2) is 0 Å². The predicted octanol–water partition coefficient (Wildman–Crippen LogP) is 2.89. The van der Waals surface area contributed by atoms with E-state index in [-0.39, 0.29) is 18.4 Å². The number of carbonyl (C=O) groups is 3. The Bertz CT molecular complexity index is 829. The van der Waals surface area contributed by atoms with Crippen molar-refractivity contribution in [3.05, 3.63) is 65.7 Å². The molecule has 6 nitrogen and oxygen atoms in total. The first-order chi connectivity index (χ1) is 13.5. The van der Waals surface area contributed by atoms with E-state index in [0.717, 1.165) is 10.6 Å². The van der Waals surface area contributed by atoms with Crippen LogP contribution in [0.4, 0.5) is 0 Å². The van der Waals surface area contributed by atoms with Crippen LogP contribution in [0.1, 0.15) is 41.0 Å². The van der Waals surface area contributed by atoms with Crippen LogP contribution in [0.3, 0.4) is 0 Å². The van der Waals surface area contributed by atoms with Gasteiger partial charge < -0.3 is 10.1 Å². The molecule has 1 aliphatic rings. The van der Waals surface area contributed by atoms with E-state index in [1.54, 1.807) is 24.3 Å². The molecule has 0 radical (unpaired) electrons. The Morgan fingerprint density at radius 1 is 0.964 bits per heavy atom. The lowest BCUT2D eigenvalue weighted by Gasteiger charge is -2.26. The third-order valence-electron chi connectivity index (χ3n) is 4.55. The second-order valence-corrected chi connectivity index (χ2v) is 7.12. The topological polar surface area (TPSA) is 75.7 Å². The molecular weight excluding hydrogens is 356 g/mol. The van der Waals surface area contributed by atoms with Gasteiger partial charge in [0.2, 0.25) is 5.91 Å². The molecule has 1 N–H and O–H groups in total. The Labute approximate surface area is 164 Å². The quantitative estimate of drug-likeness (QED) is 0.564. The molecule has 0 spiro atoms. The van der Waals surface area contributed by atoms with Crippen LogP contribution in [0.25, 0.3) is 0 Å². The molecule has 3 rings (SSSR count). The van der Waals surface area contributed by atoms with Crippen molar-refractivity contribution in [2.45, 2.75) is 26.3 Å². The van der Waals surface area contributed by atoms with Crippen molar-refractivity contribution in [1.29, 1.82) is 0 Å². The summed E-state index contributed by atoms with van der Waals surface area (Å²) < 4.78 is 5.57. The number of para-hydroxylation sites is 1. The fraction of sp³-hybridized carbons (Fsp3) is 0.318. The molecule has 1 heterocycles. The van der Waals surface area contributed by atoms with Crippen molar-refractivity contribution in [3.8, 4) is 5.75 Å². The molecule has 1 aliphatic heterocycles. The molecule has 0 saturated carbocycles. The molecule has 1 atom stereocenters. The first-order valence-corrected chi connectivity index (χ1v) is 9.41. The molecule has 0 aromatic heterocycles. The summed E-state index contributed by atoms with van der Waals surface area (Å²) >= 11 is 0. The van der Waals surface area contributed by atoms with Crippen LogP contribution in [0.15, 0.2) is 54.6 Å². The van der Waals surface area contributed by atoms with Gasteiger partial charge in [0.05, 0.1) is 17.7 Å². The number of ether oxygens (including phenoxy) is 1. The van der Waals surface area contributed by atoms with Crippen LogP contribution < -0.4 is 10.1 Å². The Morgan fingerprint density at radius 3 is 2.11 bits per heavy atom. The number of nitrogens with one attached hydrogen (secondary N) is 1. The summed E-state index contributed by atoms with van der Waals surface area (Å²) in [6.45, 7) is 4.49. The van der Waals surface area contributed by atoms with Gasteiger partial charge in [-0.3, -0.25) is 19.3 Å². The molecule has 28 heavy (non-hydrogen) atoms. The van der Waals surface area contributed by atoms with E-state index in [1.807, 2.05) is 44.2 Å². The van der Waals surface area contributed by atoms with Crippen LogP contribution >= 0.6 is 0 Å². The van der Waals surface area contributed by atoms with Gasteiger partial charge in [0.25, 0.3) is 11.8 Å². The number of hydrogen-bond donors (Lipinski definition) is 1. The lowest BCUT2D eigenvalue weighted by molar-refractivity contribution is -0.125. The predicted molar refractivity (Wildman–Crippen MR) is 105 cm³/mol. The van der Waals surface area contributed by atoms with E-state index in [2.05, 4.69) is 5.32 Å². The molecule has 0 fully saturated rings. The van der Waals surface area contributed by atoms with E-state index in [4.69, 9.17) is 4.74 Å². The Kier molecular flexibility index (Phi) is 6.09. The van der Waals surface area contributed by atoms with Crippen molar-refractivity contribution in [1.82, 2.24) is 10.2 Å². The summed E-state index contributed by atoms with van der Waals surface area (Å²) in [5, 5.41) is 2.79. The molecule has 2 aromatic carbocycles. The molecule has 0 aliphatic carbocycles. The maximum atomic E-state index is 12.8. The third-order valence-corrected chi connectivity index (χ3v) is 4.55. The highest BCUT2D eigenvalue weighted by Gasteiger charge is 2.42. The van der Waals surface area contributed by atoms with Crippen molar-refractivity contribution in [2.24, 2.45) is 5.92 Å². The monoisotopic (exact) mass is 380 g/mol. The van der Waals surface area contributed by atoms with Gasteiger partial charge in [-0.2, -0.15) is 0 Å². The first kappa shape index (κ1) is 19.6. The minimum atomic E-state index is -0.843. The van der Waals surface area contributed by atoms with Gasteiger partial charge in [-0.05, 0) is 36.6 Å². The standard InChI is InChI=1S/C22H24N2O4/c1-15(2)14-19(20(25)23-12-13-28-16-8-4-3-5-9-16)24-21(26)17-10-6-7-11-18(17)22(24)27/h3-11,15,19H,12-14H2,1-2H3,(H,23,25). The molecule has 3 amide bonds. The summed E-state index contributed by atoms with van der Waals surface area (Å²) in [6, 6.07) is 15.1. The number of imide groups is 1. The van der Waals surface area contributed by atoms with Crippen LogP contribution in [-0.4, -0.2) is 41.8 Å². The molecule has 146 valence electrons. The second-order valence-electron chi connectivity index (χ2n) is 7.12. The normalized spacial score (nSPS) is 14.2. The number of fused-ring (bicyclic) bond motifs is 1. The highest BCUT2D eigenvalue weighted by Crippen LogP contribution is 2.27. The fourth-order valence-electron chi connectivity index (χ4n) is 3.24. The summed E-state index contributed by atoms with van der Waals surface area (Å²) in [7, 11) is 0. The lowest BCUT2D eigenvalue weighted by Crippen LogP contribution is -2.50. The summed E-state index contributed by atoms with van der Waals surface area (Å²) in [5.41, 5.74) is 0.697. The van der Waals surface area contributed by atoms with Gasteiger partial charge in [0.15, 0.2) is 0 Å². The maximum absolute atomic E-state index is 12.8. The van der Waals surface area contributed by atoms with Crippen LogP contribution in [0, 0.1) is 5.92 Å². The van der Waals surface area contributed by atoms with Gasteiger partial charge in [-0.1, -0.05) is 44.2 Å². The summed E-state index contributed by atoms with van der Waals surface area (Å²) in [4.78, 5) is 39.4. The third kappa shape index (κ3) is 4.22. The van der Waals surface area contributed by atoms with Crippen LogP contribution in [0.2, 0.25) is 0 Å². The second kappa shape index (κ2) is 8.69. The molecule has 2 aromatic rings. The maximum Gasteiger partial charge on any atom is 0.262 e. The number of carbonyl (C=O) groups excluding carboxylic acids is 3. The summed E-state index contributed by atoms with van der Waals surface area (Å²) in [6.07, 6.45) is 0.400. The number of rotatable bonds is 8. The Hall–Kier alpha value is -3.15. The SMILES string of the molecule is CC(C)CC(C(=O)NCCOc1ccccc1)N1C(=O)c2ccccc2C1=O. The molecule has 0 bridgehead atoms. The van der Waals surface area contributed by atoms with E-state index >= 15 is 0 Å². The highest BCUT2D eigenvalue weighted by molar-refractivity contribution is 6.22. The Morgan fingerprint density at radius 2 is 1.54 bits per heavy atom. The van der Waals surface area contributed by atoms with E-state index in [9.17, 15) is 14.4 Å². The van der Waals surface area contributed by atoms with E-state index in [1.165, 1.54) is 0 Å². The van der Waals surface area contributed by atoms with Crippen LogP contribution in [0.5, 0.6) is 5.75 Å². The van der Waals surface area contributed by atoms with E-state index in [0.29, 0.717) is 24.2 Å². The molecule has 1 unspecified atom stereocenters. The van der Waals surface area contributed by atoms with Gasteiger partial charge in [0.1, 0.15) is 18.4 Å². The molecule has 0 saturated heterocycles. The van der Waals surface area contributed by atoms with Crippen molar-refractivity contribution in [3.63, 3.8) is 0 Å². The highest BCUT2D eigenvalue weighted by atomic mass is 16.5. The summed E-state index contributed by atoms with van der Waals surface area (Å²) in [5.74, 6) is -0.319. The van der Waals surface area contributed by atoms with Gasteiger partial charge in [0, 0.05) is 0 Å². The average molecular weight is 380 g/mol. The van der Waals surface area contributed by atoms with Gasteiger partial charge in [-0.15, -0.1) is 0 Å². The van der Waals surface area contributed by atoms with Gasteiger partial charge >= 0.3 is 0 Å². The van der Waals surface area contributed by atoms with Crippen molar-refractivity contribution < 1.29 is 19.1 Å². The first-order valence-electron chi connectivity index (χ1n) is 9.41. The van der Waals surface area contributed by atoms with Crippen LogP contribution in [-0.2, 0) is 4.79 Å². The molecule has 6 heteroatoms. The van der Waals surface area contributed by atoms with Crippen molar-refractivity contribution >= 4 is 17.7 Å². The minimum absolute atomic E-state index is 0.139. The smallest absolute Gasteiger partial charge is 0.262 e.